The first-order valence-corrected chi connectivity index (χ1v) is 12.2. The van der Waals surface area contributed by atoms with Crippen LogP contribution in [0.1, 0.15) is 42.5 Å². The molecule has 0 amide bonds. The Labute approximate surface area is 207 Å². The van der Waals surface area contributed by atoms with Gasteiger partial charge in [-0.1, -0.05) is 11.6 Å². The molecule has 1 saturated carbocycles. The third-order valence-electron chi connectivity index (χ3n) is 6.87. The predicted molar refractivity (Wildman–Crippen MR) is 129 cm³/mol. The summed E-state index contributed by atoms with van der Waals surface area (Å²) in [6.45, 7) is 4.25. The minimum Gasteiger partial charge on any atom is -0.380 e. The van der Waals surface area contributed by atoms with Crippen molar-refractivity contribution in [3.8, 4) is 12.1 Å². The molecular formula is C24H24ClN9O. The number of rotatable bonds is 6. The quantitative estimate of drug-likeness (QED) is 0.535. The number of hydrogen-bond donors (Lipinski definition) is 2. The van der Waals surface area contributed by atoms with Crippen LogP contribution in [0.4, 0.5) is 17.5 Å². The van der Waals surface area contributed by atoms with Gasteiger partial charge >= 0.3 is 0 Å². The number of aromatic nitrogens is 4. The Kier molecular flexibility index (Phi) is 5.45. The molecule has 2 aromatic heterocycles. The molecule has 178 valence electrons. The van der Waals surface area contributed by atoms with E-state index in [9.17, 15) is 10.5 Å². The van der Waals surface area contributed by atoms with Crippen molar-refractivity contribution in [3.63, 3.8) is 0 Å². The van der Waals surface area contributed by atoms with Gasteiger partial charge in [-0.05, 0) is 49.9 Å². The van der Waals surface area contributed by atoms with Gasteiger partial charge in [0.15, 0.2) is 17.2 Å². The SMILES string of the molecule is N#Cc1cc(CN2CCCC3(COC3)C2)c(Cl)c(Nc2nc(NC3CC3)c3ncc(C#N)n3n2)c1. The topological polar surface area (TPSA) is 127 Å². The van der Waals surface area contributed by atoms with Crippen molar-refractivity contribution in [2.75, 3.05) is 36.9 Å². The van der Waals surface area contributed by atoms with E-state index in [1.54, 1.807) is 6.07 Å². The molecule has 0 radical (unpaired) electrons. The molecule has 1 aromatic carbocycles. The second kappa shape index (κ2) is 8.65. The van der Waals surface area contributed by atoms with Crippen LogP contribution in [-0.4, -0.2) is 56.8 Å². The zero-order valence-corrected chi connectivity index (χ0v) is 19.8. The van der Waals surface area contributed by atoms with E-state index in [4.69, 9.17) is 16.3 Å². The summed E-state index contributed by atoms with van der Waals surface area (Å²) in [5.41, 5.74) is 2.99. The second-order valence-electron chi connectivity index (χ2n) is 9.73. The largest absolute Gasteiger partial charge is 0.380 e. The fourth-order valence-electron chi connectivity index (χ4n) is 4.92. The van der Waals surface area contributed by atoms with E-state index in [1.165, 1.54) is 17.1 Å². The summed E-state index contributed by atoms with van der Waals surface area (Å²) in [6.07, 6.45) is 5.92. The average molecular weight is 490 g/mol. The highest BCUT2D eigenvalue weighted by Gasteiger charge is 2.42. The highest BCUT2D eigenvalue weighted by Crippen LogP contribution is 2.38. The number of fused-ring (bicyclic) bond motifs is 1. The van der Waals surface area contributed by atoms with Crippen molar-refractivity contribution in [2.24, 2.45) is 5.41 Å². The molecule has 4 heterocycles. The number of likely N-dealkylation sites (tertiary alicyclic amines) is 1. The minimum atomic E-state index is 0.260. The Hall–Kier alpha value is -3.44. The predicted octanol–water partition coefficient (Wildman–Crippen LogP) is 3.45. The van der Waals surface area contributed by atoms with Gasteiger partial charge < -0.3 is 15.4 Å². The number of anilines is 3. The maximum absolute atomic E-state index is 9.67. The van der Waals surface area contributed by atoms with Crippen molar-refractivity contribution in [1.82, 2.24) is 24.5 Å². The highest BCUT2D eigenvalue weighted by molar-refractivity contribution is 6.34. The van der Waals surface area contributed by atoms with Crippen molar-refractivity contribution < 1.29 is 4.74 Å². The van der Waals surface area contributed by atoms with E-state index in [2.05, 4.69) is 42.7 Å². The molecule has 35 heavy (non-hydrogen) atoms. The number of halogens is 1. The summed E-state index contributed by atoms with van der Waals surface area (Å²) >= 11 is 6.85. The number of benzene rings is 1. The summed E-state index contributed by atoms with van der Waals surface area (Å²) in [5, 5.41) is 30.7. The second-order valence-corrected chi connectivity index (χ2v) is 10.1. The molecule has 3 fully saturated rings. The lowest BCUT2D eigenvalue weighted by Crippen LogP contribution is -2.53. The fraction of sp³-hybridized carbons (Fsp3) is 0.458. The Morgan fingerprint density at radius 3 is 2.80 bits per heavy atom. The van der Waals surface area contributed by atoms with E-state index in [-0.39, 0.29) is 11.4 Å². The van der Waals surface area contributed by atoms with Gasteiger partial charge in [-0.25, -0.2) is 4.98 Å². The van der Waals surface area contributed by atoms with Crippen molar-refractivity contribution >= 4 is 34.7 Å². The van der Waals surface area contributed by atoms with Gasteiger partial charge in [-0.15, -0.1) is 5.10 Å². The van der Waals surface area contributed by atoms with E-state index >= 15 is 0 Å². The number of piperidine rings is 1. The van der Waals surface area contributed by atoms with Crippen LogP contribution in [0.25, 0.3) is 5.65 Å². The van der Waals surface area contributed by atoms with Crippen molar-refractivity contribution in [2.45, 2.75) is 38.3 Å². The van der Waals surface area contributed by atoms with Crippen LogP contribution in [0.3, 0.4) is 0 Å². The minimum absolute atomic E-state index is 0.260. The van der Waals surface area contributed by atoms with Gasteiger partial charge in [0.1, 0.15) is 6.07 Å². The summed E-state index contributed by atoms with van der Waals surface area (Å²) in [4.78, 5) is 11.3. The molecule has 2 N–H and O–H groups in total. The van der Waals surface area contributed by atoms with Crippen LogP contribution in [0.5, 0.6) is 0 Å². The zero-order valence-electron chi connectivity index (χ0n) is 19.1. The fourth-order valence-corrected chi connectivity index (χ4v) is 5.13. The van der Waals surface area contributed by atoms with Crippen LogP contribution in [0.15, 0.2) is 18.3 Å². The third kappa shape index (κ3) is 4.25. The standard InChI is InChI=1S/C24H24ClN9O/c25-20-16(11-33-5-1-4-24(12-33)13-35-14-24)6-15(8-26)7-19(20)30-23-31-21(29-17-2-3-17)22-28-10-18(9-27)34(22)32-23/h6-7,10,17H,1-5,11-14H2,(H2,29,30,31,32). The van der Waals surface area contributed by atoms with E-state index in [0.717, 1.165) is 51.1 Å². The molecule has 6 rings (SSSR count). The van der Waals surface area contributed by atoms with Crippen LogP contribution in [0, 0.1) is 28.1 Å². The molecule has 3 aliphatic rings. The van der Waals surface area contributed by atoms with Gasteiger partial charge in [-0.3, -0.25) is 4.90 Å². The lowest BCUT2D eigenvalue weighted by Gasteiger charge is -2.48. The molecule has 0 unspecified atom stereocenters. The number of nitrogens with one attached hydrogen (secondary N) is 2. The van der Waals surface area contributed by atoms with Crippen LogP contribution >= 0.6 is 11.6 Å². The molecule has 10 nitrogen and oxygen atoms in total. The molecule has 2 saturated heterocycles. The van der Waals surface area contributed by atoms with E-state index in [1.807, 2.05) is 6.07 Å². The average Bonchev–Trinajstić information content (AvgIpc) is 3.56. The molecular weight excluding hydrogens is 466 g/mol. The summed E-state index contributed by atoms with van der Waals surface area (Å²) in [6, 6.07) is 8.23. The van der Waals surface area contributed by atoms with Crippen LogP contribution in [0.2, 0.25) is 5.02 Å². The van der Waals surface area contributed by atoms with Gasteiger partial charge in [0.05, 0.1) is 41.8 Å². The lowest BCUT2D eigenvalue weighted by atomic mass is 9.78. The molecule has 11 heteroatoms. The Bertz CT molecular complexity index is 1380. The maximum Gasteiger partial charge on any atom is 0.247 e. The molecule has 0 atom stereocenters. The van der Waals surface area contributed by atoms with Gasteiger partial charge in [0.2, 0.25) is 5.95 Å². The Morgan fingerprint density at radius 2 is 2.09 bits per heavy atom. The monoisotopic (exact) mass is 489 g/mol. The number of imidazole rings is 1. The van der Waals surface area contributed by atoms with Crippen molar-refractivity contribution in [1.29, 1.82) is 10.5 Å². The molecule has 2 aliphatic heterocycles. The number of hydrogen-bond acceptors (Lipinski definition) is 9. The van der Waals surface area contributed by atoms with Gasteiger partial charge in [0, 0.05) is 24.5 Å². The highest BCUT2D eigenvalue weighted by atomic mass is 35.5. The molecule has 1 aliphatic carbocycles. The van der Waals surface area contributed by atoms with E-state index in [0.29, 0.717) is 46.0 Å². The number of ether oxygens (including phenoxy) is 1. The first-order chi connectivity index (χ1) is 17.1. The molecule has 3 aromatic rings. The first kappa shape index (κ1) is 22.1. The Balaban J connectivity index is 1.32. The number of nitrogens with zero attached hydrogens (tertiary/aromatic N) is 7. The number of nitriles is 2. The van der Waals surface area contributed by atoms with Crippen LogP contribution < -0.4 is 10.6 Å². The maximum atomic E-state index is 9.67. The van der Waals surface area contributed by atoms with Crippen molar-refractivity contribution in [3.05, 3.63) is 40.2 Å². The molecule has 0 bridgehead atoms. The summed E-state index contributed by atoms with van der Waals surface area (Å²) in [5.74, 6) is 0.822. The summed E-state index contributed by atoms with van der Waals surface area (Å²) in [7, 11) is 0. The first-order valence-electron chi connectivity index (χ1n) is 11.8. The zero-order chi connectivity index (χ0) is 24.0. The van der Waals surface area contributed by atoms with E-state index < -0.39 is 0 Å². The smallest absolute Gasteiger partial charge is 0.247 e. The third-order valence-corrected chi connectivity index (χ3v) is 7.32. The van der Waals surface area contributed by atoms with Crippen LogP contribution in [-0.2, 0) is 11.3 Å². The van der Waals surface area contributed by atoms with Gasteiger partial charge in [-0.2, -0.15) is 20.0 Å². The summed E-state index contributed by atoms with van der Waals surface area (Å²) < 4.78 is 6.96. The normalized spacial score (nSPS) is 19.2. The Morgan fingerprint density at radius 1 is 1.23 bits per heavy atom. The lowest BCUT2D eigenvalue weighted by molar-refractivity contribution is -0.145. The van der Waals surface area contributed by atoms with Gasteiger partial charge in [0.25, 0.3) is 0 Å². The molecule has 1 spiro atoms.